The molecule has 1 saturated carbocycles. The molecule has 0 atom stereocenters. The van der Waals surface area contributed by atoms with E-state index in [-0.39, 0.29) is 17.2 Å². The molecule has 5 heteroatoms. The second kappa shape index (κ2) is 6.03. The third kappa shape index (κ3) is 2.91. The fourth-order valence-electron chi connectivity index (χ4n) is 3.28. The Labute approximate surface area is 139 Å². The Morgan fingerprint density at radius 3 is 2.41 bits per heavy atom. The van der Waals surface area contributed by atoms with E-state index in [0.29, 0.717) is 13.1 Å². The average Bonchev–Trinajstić information content (AvgIpc) is 3.31. The zero-order chi connectivity index (χ0) is 15.7. The summed E-state index contributed by atoms with van der Waals surface area (Å²) in [7, 11) is 0. The maximum Gasteiger partial charge on any atom is 0.233 e. The third-order valence-electron chi connectivity index (χ3n) is 4.77. The number of hydrogen-bond donors (Lipinski definition) is 0. The van der Waals surface area contributed by atoms with E-state index in [1.807, 2.05) is 21.9 Å². The lowest BCUT2D eigenvalue weighted by molar-refractivity contribution is -0.134. The van der Waals surface area contributed by atoms with Crippen LogP contribution >= 0.6 is 15.9 Å². The van der Waals surface area contributed by atoms with E-state index < -0.39 is 0 Å². The van der Waals surface area contributed by atoms with Crippen molar-refractivity contribution in [2.45, 2.75) is 31.6 Å². The SMILES string of the molecule is CC(=O)N1CCCN(C(=O)C2(c3cccc(Br)c3)CC2)CC1. The van der Waals surface area contributed by atoms with Gasteiger partial charge in [-0.05, 0) is 37.0 Å². The van der Waals surface area contributed by atoms with Gasteiger partial charge in [0.25, 0.3) is 0 Å². The molecule has 0 bridgehead atoms. The molecule has 0 unspecified atom stereocenters. The van der Waals surface area contributed by atoms with Gasteiger partial charge in [-0.3, -0.25) is 9.59 Å². The van der Waals surface area contributed by atoms with Gasteiger partial charge < -0.3 is 9.80 Å². The topological polar surface area (TPSA) is 40.6 Å². The van der Waals surface area contributed by atoms with E-state index in [1.54, 1.807) is 6.92 Å². The molecule has 1 aromatic rings. The number of hydrogen-bond acceptors (Lipinski definition) is 2. The van der Waals surface area contributed by atoms with Gasteiger partial charge in [0, 0.05) is 37.6 Å². The molecule has 2 aliphatic rings. The van der Waals surface area contributed by atoms with E-state index in [0.717, 1.165) is 42.4 Å². The van der Waals surface area contributed by atoms with Crippen LogP contribution in [0, 0.1) is 0 Å². The maximum atomic E-state index is 13.0. The van der Waals surface area contributed by atoms with Crippen molar-refractivity contribution < 1.29 is 9.59 Å². The molecule has 0 spiro atoms. The molecule has 0 aromatic heterocycles. The van der Waals surface area contributed by atoms with Crippen molar-refractivity contribution in [1.29, 1.82) is 0 Å². The summed E-state index contributed by atoms with van der Waals surface area (Å²) in [6, 6.07) is 8.09. The van der Waals surface area contributed by atoms with Crippen LogP contribution in [0.2, 0.25) is 0 Å². The van der Waals surface area contributed by atoms with Crippen molar-refractivity contribution in [3.05, 3.63) is 34.3 Å². The monoisotopic (exact) mass is 364 g/mol. The van der Waals surface area contributed by atoms with Crippen LogP contribution in [0.1, 0.15) is 31.7 Å². The lowest BCUT2D eigenvalue weighted by Crippen LogP contribution is -2.42. The number of amides is 2. The van der Waals surface area contributed by atoms with Gasteiger partial charge in [0.15, 0.2) is 0 Å². The summed E-state index contributed by atoms with van der Waals surface area (Å²) in [5.41, 5.74) is 0.786. The molecule has 4 nitrogen and oxygen atoms in total. The predicted octanol–water partition coefficient (Wildman–Crippen LogP) is 2.56. The van der Waals surface area contributed by atoms with Gasteiger partial charge in [-0.1, -0.05) is 28.1 Å². The number of benzene rings is 1. The fraction of sp³-hybridized carbons (Fsp3) is 0.529. The van der Waals surface area contributed by atoms with E-state index in [4.69, 9.17) is 0 Å². The molecule has 1 aromatic carbocycles. The van der Waals surface area contributed by atoms with Gasteiger partial charge in [-0.15, -0.1) is 0 Å². The van der Waals surface area contributed by atoms with Gasteiger partial charge >= 0.3 is 0 Å². The highest BCUT2D eigenvalue weighted by Crippen LogP contribution is 2.50. The fourth-order valence-corrected chi connectivity index (χ4v) is 3.67. The molecule has 118 valence electrons. The minimum Gasteiger partial charge on any atom is -0.341 e. The number of nitrogens with zero attached hydrogens (tertiary/aromatic N) is 2. The molecule has 3 rings (SSSR count). The highest BCUT2D eigenvalue weighted by atomic mass is 79.9. The number of halogens is 1. The Morgan fingerprint density at radius 1 is 1.09 bits per heavy atom. The molecule has 2 amide bonds. The summed E-state index contributed by atoms with van der Waals surface area (Å²) < 4.78 is 1.02. The molecule has 22 heavy (non-hydrogen) atoms. The normalized spacial score (nSPS) is 20.5. The molecular weight excluding hydrogens is 344 g/mol. The first-order chi connectivity index (χ1) is 10.5. The Hall–Kier alpha value is -1.36. The van der Waals surface area contributed by atoms with Crippen LogP contribution in [0.25, 0.3) is 0 Å². The Kier molecular flexibility index (Phi) is 4.26. The van der Waals surface area contributed by atoms with Crippen molar-refractivity contribution in [2.24, 2.45) is 0 Å². The molecular formula is C17H21BrN2O2. The van der Waals surface area contributed by atoms with Crippen molar-refractivity contribution in [2.75, 3.05) is 26.2 Å². The highest BCUT2D eigenvalue weighted by molar-refractivity contribution is 9.10. The van der Waals surface area contributed by atoms with Crippen molar-refractivity contribution in [1.82, 2.24) is 9.80 Å². The highest BCUT2D eigenvalue weighted by Gasteiger charge is 2.53. The van der Waals surface area contributed by atoms with Gasteiger partial charge in [0.1, 0.15) is 0 Å². The minimum absolute atomic E-state index is 0.0995. The largest absolute Gasteiger partial charge is 0.341 e. The predicted molar refractivity (Wildman–Crippen MR) is 88.5 cm³/mol. The lowest BCUT2D eigenvalue weighted by Gasteiger charge is -2.26. The molecule has 0 N–H and O–H groups in total. The first kappa shape index (κ1) is 15.5. The van der Waals surface area contributed by atoms with Crippen LogP contribution in [0.5, 0.6) is 0 Å². The summed E-state index contributed by atoms with van der Waals surface area (Å²) in [5, 5.41) is 0. The van der Waals surface area contributed by atoms with Crippen LogP contribution < -0.4 is 0 Å². The number of rotatable bonds is 2. The zero-order valence-electron chi connectivity index (χ0n) is 12.8. The Morgan fingerprint density at radius 2 is 1.77 bits per heavy atom. The number of carbonyl (C=O) groups is 2. The smallest absolute Gasteiger partial charge is 0.233 e. The first-order valence-corrected chi connectivity index (χ1v) is 8.63. The van der Waals surface area contributed by atoms with E-state index in [1.165, 1.54) is 0 Å². The lowest BCUT2D eigenvalue weighted by atomic mass is 9.94. The summed E-state index contributed by atoms with van der Waals surface area (Å²) in [4.78, 5) is 28.3. The third-order valence-corrected chi connectivity index (χ3v) is 5.26. The van der Waals surface area contributed by atoms with E-state index >= 15 is 0 Å². The first-order valence-electron chi connectivity index (χ1n) is 7.84. The molecule has 0 radical (unpaired) electrons. The van der Waals surface area contributed by atoms with Crippen LogP contribution in [0.15, 0.2) is 28.7 Å². The van der Waals surface area contributed by atoms with Crippen molar-refractivity contribution >= 4 is 27.7 Å². The van der Waals surface area contributed by atoms with E-state index in [2.05, 4.69) is 28.1 Å². The van der Waals surface area contributed by atoms with Crippen LogP contribution in [0.3, 0.4) is 0 Å². The Balaban J connectivity index is 1.75. The second-order valence-electron chi connectivity index (χ2n) is 6.24. The standard InChI is InChI=1S/C17H21BrN2O2/c1-13(21)19-8-3-9-20(11-10-19)16(22)17(6-7-17)14-4-2-5-15(18)12-14/h2,4-5,12H,3,6-11H2,1H3. The summed E-state index contributed by atoms with van der Waals surface area (Å²) in [6.07, 6.45) is 2.71. The van der Waals surface area contributed by atoms with E-state index in [9.17, 15) is 9.59 Å². The molecule has 1 aliphatic heterocycles. The van der Waals surface area contributed by atoms with Gasteiger partial charge in [-0.2, -0.15) is 0 Å². The minimum atomic E-state index is -0.324. The molecule has 1 heterocycles. The van der Waals surface area contributed by atoms with Gasteiger partial charge in [0.05, 0.1) is 5.41 Å². The summed E-state index contributed by atoms with van der Waals surface area (Å²) >= 11 is 3.49. The summed E-state index contributed by atoms with van der Waals surface area (Å²) in [5.74, 6) is 0.332. The van der Waals surface area contributed by atoms with Crippen LogP contribution in [0.4, 0.5) is 0 Å². The number of carbonyl (C=O) groups excluding carboxylic acids is 2. The quantitative estimate of drug-likeness (QED) is 0.808. The molecule has 2 fully saturated rings. The van der Waals surface area contributed by atoms with Gasteiger partial charge in [-0.25, -0.2) is 0 Å². The Bertz CT molecular complexity index is 598. The summed E-state index contributed by atoms with van der Waals surface area (Å²) in [6.45, 7) is 4.40. The molecule has 1 saturated heterocycles. The molecule has 1 aliphatic carbocycles. The van der Waals surface area contributed by atoms with Crippen molar-refractivity contribution in [3.63, 3.8) is 0 Å². The zero-order valence-corrected chi connectivity index (χ0v) is 14.4. The second-order valence-corrected chi connectivity index (χ2v) is 7.16. The maximum absolute atomic E-state index is 13.0. The van der Waals surface area contributed by atoms with Crippen LogP contribution in [-0.4, -0.2) is 47.8 Å². The van der Waals surface area contributed by atoms with Gasteiger partial charge in [0.2, 0.25) is 11.8 Å². The average molecular weight is 365 g/mol. The van der Waals surface area contributed by atoms with Crippen molar-refractivity contribution in [3.8, 4) is 0 Å². The van der Waals surface area contributed by atoms with Crippen LogP contribution in [-0.2, 0) is 15.0 Å².